The van der Waals surface area contributed by atoms with Crippen LogP contribution in [0.15, 0.2) is 24.5 Å². The average molecular weight is 532 g/mol. The van der Waals surface area contributed by atoms with Gasteiger partial charge in [0.05, 0.1) is 0 Å². The van der Waals surface area contributed by atoms with Crippen LogP contribution in [0.2, 0.25) is 0 Å². The van der Waals surface area contributed by atoms with E-state index < -0.39 is 24.3 Å². The summed E-state index contributed by atoms with van der Waals surface area (Å²) in [6, 6.07) is 3.94. The number of alkyl halides is 6. The first-order valence-electron chi connectivity index (χ1n) is 4.93. The number of pyridine rings is 1. The molecule has 0 amide bonds. The van der Waals surface area contributed by atoms with Gasteiger partial charge in [0.1, 0.15) is 0 Å². The SMILES string of the molecule is Cc1ccncc1.O=C(O)C(F)(F)F.O=C(O)C(F)(F)F.[NH2][Pt]. The first kappa shape index (κ1) is 26.2. The second-order valence-electron chi connectivity index (χ2n) is 3.13. The van der Waals surface area contributed by atoms with Gasteiger partial charge in [-0.05, 0) is 24.6 Å². The molecule has 4 N–H and O–H groups in total. The van der Waals surface area contributed by atoms with Crippen LogP contribution in [0.5, 0.6) is 0 Å². The van der Waals surface area contributed by atoms with Gasteiger partial charge in [-0.25, -0.2) is 9.59 Å². The molecule has 0 unspecified atom stereocenters. The van der Waals surface area contributed by atoms with E-state index in [9.17, 15) is 26.3 Å². The van der Waals surface area contributed by atoms with Crippen molar-refractivity contribution >= 4 is 11.9 Å². The Kier molecular flexibility index (Phi) is 14.6. The minimum absolute atomic E-state index is 1.26. The Morgan fingerprint density at radius 2 is 1.17 bits per heavy atom. The van der Waals surface area contributed by atoms with Gasteiger partial charge in [-0.15, -0.1) is 0 Å². The Labute approximate surface area is 137 Å². The molecule has 0 bridgehead atoms. The molecule has 0 spiro atoms. The van der Waals surface area contributed by atoms with Gasteiger partial charge in [-0.2, -0.15) is 26.3 Å². The number of nitrogens with zero attached hydrogens (tertiary/aromatic N) is 1. The number of carboxylic acid groups (broad SMARTS) is 2. The second-order valence-corrected chi connectivity index (χ2v) is 3.13. The molecular formula is C10H11F6N2O4Pt. The van der Waals surface area contributed by atoms with Crippen molar-refractivity contribution in [1.82, 2.24) is 4.98 Å². The van der Waals surface area contributed by atoms with Crippen LogP contribution in [-0.2, 0) is 29.7 Å². The van der Waals surface area contributed by atoms with E-state index in [1.54, 1.807) is 32.5 Å². The molecule has 23 heavy (non-hydrogen) atoms. The monoisotopic (exact) mass is 532 g/mol. The molecule has 0 radical (unpaired) electrons. The molecule has 0 aliphatic heterocycles. The third-order valence-corrected chi connectivity index (χ3v) is 1.33. The van der Waals surface area contributed by atoms with Gasteiger partial charge >= 0.3 is 48.6 Å². The number of aliphatic carboxylic acids is 2. The fourth-order valence-electron chi connectivity index (χ4n) is 0.426. The number of nitrogens with two attached hydrogens (primary N) is 1. The Balaban J connectivity index is -0.000000247. The third kappa shape index (κ3) is 20.3. The van der Waals surface area contributed by atoms with Gasteiger partial charge in [-0.3, -0.25) is 4.98 Å². The van der Waals surface area contributed by atoms with Crippen molar-refractivity contribution in [3.63, 3.8) is 0 Å². The van der Waals surface area contributed by atoms with Gasteiger partial charge in [0.25, 0.3) is 0 Å². The van der Waals surface area contributed by atoms with Crippen LogP contribution in [0.25, 0.3) is 0 Å². The van der Waals surface area contributed by atoms with E-state index in [1.165, 1.54) is 5.56 Å². The van der Waals surface area contributed by atoms with Crippen LogP contribution in [0.1, 0.15) is 5.56 Å². The first-order chi connectivity index (χ1) is 10.3. The maximum absolute atomic E-state index is 10.6. The summed E-state index contributed by atoms with van der Waals surface area (Å²) in [5.41, 5.74) is 1.26. The first-order valence-corrected chi connectivity index (χ1v) is 6.24. The normalized spacial score (nSPS) is 9.83. The summed E-state index contributed by atoms with van der Waals surface area (Å²) in [6.07, 6.45) is -6.59. The predicted molar refractivity (Wildman–Crippen MR) is 60.5 cm³/mol. The number of aryl methyl sites for hydroxylation is 1. The average Bonchev–Trinajstić information content (AvgIpc) is 2.41. The van der Waals surface area contributed by atoms with Gasteiger partial charge in [0.2, 0.25) is 0 Å². The van der Waals surface area contributed by atoms with E-state index in [-0.39, 0.29) is 0 Å². The van der Waals surface area contributed by atoms with Gasteiger partial charge in [0, 0.05) is 12.4 Å². The van der Waals surface area contributed by atoms with Crippen molar-refractivity contribution < 1.29 is 66.2 Å². The summed E-state index contributed by atoms with van der Waals surface area (Å²) < 4.78 is 67.9. The van der Waals surface area contributed by atoms with Gasteiger partial charge in [-0.1, -0.05) is 0 Å². The van der Waals surface area contributed by atoms with E-state index in [4.69, 9.17) is 19.8 Å². The Hall–Kier alpha value is -1.68. The molecular weight excluding hydrogens is 521 g/mol. The molecule has 1 aromatic rings. The quantitative estimate of drug-likeness (QED) is 0.441. The number of carbonyl (C=O) groups is 2. The van der Waals surface area contributed by atoms with Crippen molar-refractivity contribution in [3.8, 4) is 0 Å². The van der Waals surface area contributed by atoms with Crippen LogP contribution >= 0.6 is 0 Å². The third-order valence-electron chi connectivity index (χ3n) is 1.33. The minimum atomic E-state index is -5.08. The summed E-state index contributed by atoms with van der Waals surface area (Å²) in [5.74, 6) is -5.51. The number of aromatic nitrogens is 1. The van der Waals surface area contributed by atoms with Gasteiger partial charge < -0.3 is 10.2 Å². The van der Waals surface area contributed by atoms with E-state index in [2.05, 4.69) is 9.28 Å². The topological polar surface area (TPSA) is 114 Å². The van der Waals surface area contributed by atoms with Crippen molar-refractivity contribution in [2.75, 3.05) is 0 Å². The number of hydrogen-bond acceptors (Lipinski definition) is 4. The van der Waals surface area contributed by atoms with E-state index in [0.29, 0.717) is 0 Å². The zero-order chi connectivity index (χ0) is 19.3. The fourth-order valence-corrected chi connectivity index (χ4v) is 0.426. The molecule has 1 heterocycles. The number of carboxylic acids is 2. The Bertz CT molecular complexity index is 429. The summed E-state index contributed by atoms with van der Waals surface area (Å²) in [5, 5.41) is 14.2. The van der Waals surface area contributed by atoms with Crippen molar-refractivity contribution in [3.05, 3.63) is 30.1 Å². The van der Waals surface area contributed by atoms with Crippen LogP contribution in [0, 0.1) is 6.92 Å². The molecule has 0 saturated carbocycles. The number of halogens is 6. The summed E-state index contributed by atoms with van der Waals surface area (Å²) in [7, 11) is 0. The Morgan fingerprint density at radius 3 is 1.26 bits per heavy atom. The van der Waals surface area contributed by atoms with Crippen LogP contribution in [0.3, 0.4) is 0 Å². The van der Waals surface area contributed by atoms with Gasteiger partial charge in [0.15, 0.2) is 0 Å². The summed E-state index contributed by atoms with van der Waals surface area (Å²) in [4.78, 5) is 21.6. The number of hydrogen-bond donors (Lipinski definition) is 3. The molecule has 0 aliphatic rings. The van der Waals surface area contributed by atoms with Crippen LogP contribution in [0.4, 0.5) is 26.3 Å². The predicted octanol–water partition coefficient (Wildman–Crippen LogP) is 2.06. The summed E-state index contributed by atoms with van der Waals surface area (Å²) >= 11 is 1.64. The molecule has 1 rings (SSSR count). The molecule has 0 saturated heterocycles. The van der Waals surface area contributed by atoms with Crippen LogP contribution in [-0.4, -0.2) is 39.5 Å². The van der Waals surface area contributed by atoms with Crippen molar-refractivity contribution in [1.29, 1.82) is 0 Å². The molecule has 137 valence electrons. The van der Waals surface area contributed by atoms with E-state index in [1.807, 2.05) is 19.1 Å². The van der Waals surface area contributed by atoms with Crippen LogP contribution < -0.4 is 4.29 Å². The molecule has 0 aromatic carbocycles. The van der Waals surface area contributed by atoms with E-state index >= 15 is 0 Å². The molecule has 0 fully saturated rings. The molecule has 6 nitrogen and oxygen atoms in total. The fraction of sp³-hybridized carbons (Fsp3) is 0.300. The van der Waals surface area contributed by atoms with Crippen molar-refractivity contribution in [2.45, 2.75) is 19.3 Å². The van der Waals surface area contributed by atoms with E-state index in [0.717, 1.165) is 0 Å². The Morgan fingerprint density at radius 1 is 0.957 bits per heavy atom. The zero-order valence-electron chi connectivity index (χ0n) is 11.1. The van der Waals surface area contributed by atoms with Crippen molar-refractivity contribution in [2.24, 2.45) is 4.29 Å². The molecule has 1 aromatic heterocycles. The standard InChI is InChI=1S/C6H7N.2C2HF3O2.H2N.Pt/c1-6-2-4-7-5-3-6;2*3-2(4,5)1(6)7;;/h2-5H,1H3;2*(H,6,7);1H2;/q;;;-1;+1. The zero-order valence-corrected chi connectivity index (χ0v) is 13.4. The maximum atomic E-state index is 10.6. The number of rotatable bonds is 0. The second kappa shape index (κ2) is 12.8. The molecule has 13 heteroatoms. The molecule has 0 atom stereocenters. The molecule has 0 aliphatic carbocycles. The summed E-state index contributed by atoms with van der Waals surface area (Å²) in [6.45, 7) is 2.04.